The van der Waals surface area contributed by atoms with Gasteiger partial charge in [0.1, 0.15) is 17.1 Å². The second-order valence-corrected chi connectivity index (χ2v) is 11.4. The number of amides is 2. The van der Waals surface area contributed by atoms with E-state index in [0.717, 1.165) is 62.4 Å². The van der Waals surface area contributed by atoms with E-state index in [1.54, 1.807) is 18.2 Å². The molecule has 0 aliphatic carbocycles. The summed E-state index contributed by atoms with van der Waals surface area (Å²) in [5.41, 5.74) is 4.05. The maximum Gasteiger partial charge on any atom is 0.270 e. The maximum absolute atomic E-state index is 14.4. The highest BCUT2D eigenvalue weighted by Crippen LogP contribution is 2.22. The quantitative estimate of drug-likeness (QED) is 0.215. The van der Waals surface area contributed by atoms with Crippen LogP contribution in [0.2, 0.25) is 0 Å². The molecule has 15 heteroatoms. The summed E-state index contributed by atoms with van der Waals surface area (Å²) in [7, 11) is 2.98. The van der Waals surface area contributed by atoms with Gasteiger partial charge in [-0.15, -0.1) is 0 Å². The zero-order valence-electron chi connectivity index (χ0n) is 27.3. The number of fused-ring (bicyclic) bond motifs is 1. The predicted molar refractivity (Wildman–Crippen MR) is 179 cm³/mol. The van der Waals surface area contributed by atoms with Gasteiger partial charge in [0.25, 0.3) is 17.4 Å². The van der Waals surface area contributed by atoms with Crippen molar-refractivity contribution >= 4 is 34.2 Å². The summed E-state index contributed by atoms with van der Waals surface area (Å²) >= 11 is 0. The standard InChI is InChI=1S/C22H25FN6O2.C11H15FN4O/c1-3-15-22(31)27-18-12-14(4-5-16(18)25-15)13-28-8-10-29(11-9-28)19-7-6-17(21(30)24-2)26-20(19)23;1-13-11(17)8-2-3-9(10(12)15-8)16-6-4-14-5-7-16/h4-7,12H,3,8-11,13H2,1-2H3,(H,24,30)(H,27,31);2-3,14H,4-7H2,1H3,(H,13,17). The molecule has 254 valence electrons. The Morgan fingerprint density at radius 3 is 1.88 bits per heavy atom. The first-order valence-electron chi connectivity index (χ1n) is 15.9. The van der Waals surface area contributed by atoms with Gasteiger partial charge >= 0.3 is 0 Å². The van der Waals surface area contributed by atoms with Crippen LogP contribution in [0.3, 0.4) is 0 Å². The van der Waals surface area contributed by atoms with Crippen LogP contribution >= 0.6 is 0 Å². The molecule has 0 bridgehead atoms. The van der Waals surface area contributed by atoms with Gasteiger partial charge in [-0.3, -0.25) is 19.3 Å². The van der Waals surface area contributed by atoms with Crippen LogP contribution in [0.15, 0.2) is 47.3 Å². The lowest BCUT2D eigenvalue weighted by molar-refractivity contribution is 0.0949. The number of halogens is 2. The second-order valence-electron chi connectivity index (χ2n) is 11.4. The van der Waals surface area contributed by atoms with E-state index >= 15 is 0 Å². The fraction of sp³-hybridized carbons (Fsp3) is 0.394. The third-order valence-corrected chi connectivity index (χ3v) is 8.32. The van der Waals surface area contributed by atoms with Gasteiger partial charge in [0.15, 0.2) is 0 Å². The van der Waals surface area contributed by atoms with Crippen LogP contribution in [0.5, 0.6) is 0 Å². The molecule has 4 aromatic rings. The Labute approximate surface area is 276 Å². The van der Waals surface area contributed by atoms with Gasteiger partial charge in [-0.1, -0.05) is 13.0 Å². The van der Waals surface area contributed by atoms with Crippen molar-refractivity contribution in [2.45, 2.75) is 19.9 Å². The van der Waals surface area contributed by atoms with Gasteiger partial charge < -0.3 is 30.7 Å². The predicted octanol–water partition coefficient (Wildman–Crippen LogP) is 1.69. The number of hydrogen-bond acceptors (Lipinski definition) is 10. The molecule has 2 fully saturated rings. The Morgan fingerprint density at radius 2 is 1.35 bits per heavy atom. The molecule has 0 radical (unpaired) electrons. The first-order valence-corrected chi connectivity index (χ1v) is 15.9. The van der Waals surface area contributed by atoms with E-state index in [0.29, 0.717) is 36.6 Å². The molecule has 13 nitrogen and oxygen atoms in total. The Kier molecular flexibility index (Phi) is 11.2. The number of pyridine rings is 2. The molecular formula is C33H40F2N10O3. The zero-order valence-corrected chi connectivity index (χ0v) is 27.3. The Hall–Kier alpha value is -5.02. The Bertz CT molecular complexity index is 1820. The number of nitrogens with one attached hydrogen (secondary N) is 4. The summed E-state index contributed by atoms with van der Waals surface area (Å²) in [5.74, 6) is -2.01. The minimum atomic E-state index is -0.632. The first-order chi connectivity index (χ1) is 23.2. The molecule has 48 heavy (non-hydrogen) atoms. The van der Waals surface area contributed by atoms with Gasteiger partial charge in [-0.2, -0.15) is 8.78 Å². The zero-order chi connectivity index (χ0) is 34.2. The average Bonchev–Trinajstić information content (AvgIpc) is 3.11. The molecule has 6 rings (SSSR count). The second kappa shape index (κ2) is 15.7. The number of aromatic amines is 1. The number of aromatic nitrogens is 4. The van der Waals surface area contributed by atoms with Crippen LogP contribution in [0.4, 0.5) is 20.2 Å². The molecule has 2 amide bonds. The summed E-state index contributed by atoms with van der Waals surface area (Å²) in [6.07, 6.45) is 0.599. The minimum Gasteiger partial charge on any atom is -0.365 e. The lowest BCUT2D eigenvalue weighted by atomic mass is 10.1. The molecule has 2 saturated heterocycles. The molecule has 3 aromatic heterocycles. The van der Waals surface area contributed by atoms with Crippen molar-refractivity contribution in [2.75, 3.05) is 76.3 Å². The van der Waals surface area contributed by atoms with Crippen LogP contribution in [0, 0.1) is 11.9 Å². The van der Waals surface area contributed by atoms with Crippen molar-refractivity contribution in [2.24, 2.45) is 0 Å². The van der Waals surface area contributed by atoms with Crippen molar-refractivity contribution in [3.05, 3.63) is 87.4 Å². The van der Waals surface area contributed by atoms with Gasteiger partial charge in [0.2, 0.25) is 11.9 Å². The number of piperazine rings is 2. The molecule has 4 N–H and O–H groups in total. The lowest BCUT2D eigenvalue weighted by Gasteiger charge is -2.36. The van der Waals surface area contributed by atoms with E-state index in [-0.39, 0.29) is 22.9 Å². The van der Waals surface area contributed by atoms with Crippen molar-refractivity contribution in [3.8, 4) is 0 Å². The van der Waals surface area contributed by atoms with Crippen molar-refractivity contribution < 1.29 is 18.4 Å². The number of aryl methyl sites for hydroxylation is 1. The molecule has 0 saturated carbocycles. The third kappa shape index (κ3) is 8.09. The van der Waals surface area contributed by atoms with Crippen molar-refractivity contribution in [3.63, 3.8) is 0 Å². The largest absolute Gasteiger partial charge is 0.365 e. The van der Waals surface area contributed by atoms with E-state index in [2.05, 4.69) is 40.8 Å². The smallest absolute Gasteiger partial charge is 0.270 e. The van der Waals surface area contributed by atoms with Crippen LogP contribution in [0.1, 0.15) is 39.2 Å². The van der Waals surface area contributed by atoms with Gasteiger partial charge in [-0.25, -0.2) is 15.0 Å². The molecular weight excluding hydrogens is 622 g/mol. The molecule has 0 unspecified atom stereocenters. The fourth-order valence-corrected chi connectivity index (χ4v) is 5.65. The number of benzene rings is 1. The number of carbonyl (C=O) groups is 2. The van der Waals surface area contributed by atoms with E-state index < -0.39 is 17.8 Å². The SMILES string of the molecule is CCc1nc2ccc(CN3CCN(c4ccc(C(=O)NC)nc4F)CC3)cc2[nH]c1=O.CNC(=O)c1ccc(N2CCNCC2)c(F)n1. The van der Waals surface area contributed by atoms with Gasteiger partial charge in [0.05, 0.1) is 22.4 Å². The first kappa shape index (κ1) is 34.3. The van der Waals surface area contributed by atoms with Crippen LogP contribution in [0.25, 0.3) is 11.0 Å². The highest BCUT2D eigenvalue weighted by molar-refractivity contribution is 5.92. The summed E-state index contributed by atoms with van der Waals surface area (Å²) in [4.78, 5) is 55.9. The van der Waals surface area contributed by atoms with E-state index in [9.17, 15) is 23.2 Å². The molecule has 2 aliphatic heterocycles. The van der Waals surface area contributed by atoms with E-state index in [4.69, 9.17) is 0 Å². The van der Waals surface area contributed by atoms with Crippen LogP contribution in [-0.2, 0) is 13.0 Å². The number of rotatable bonds is 7. The summed E-state index contributed by atoms with van der Waals surface area (Å²) < 4.78 is 28.2. The van der Waals surface area contributed by atoms with Gasteiger partial charge in [-0.05, 0) is 48.4 Å². The number of hydrogen-bond donors (Lipinski definition) is 4. The number of H-pyrrole nitrogens is 1. The summed E-state index contributed by atoms with van der Waals surface area (Å²) in [5, 5.41) is 8.05. The molecule has 0 atom stereocenters. The monoisotopic (exact) mass is 662 g/mol. The lowest BCUT2D eigenvalue weighted by Crippen LogP contribution is -2.46. The van der Waals surface area contributed by atoms with E-state index in [1.807, 2.05) is 34.9 Å². The van der Waals surface area contributed by atoms with Gasteiger partial charge in [0, 0.05) is 73.0 Å². The fourth-order valence-electron chi connectivity index (χ4n) is 5.65. The van der Waals surface area contributed by atoms with Crippen molar-refractivity contribution in [1.82, 2.24) is 40.8 Å². The molecule has 2 aliphatic rings. The number of carbonyl (C=O) groups excluding carboxylic acids is 2. The van der Waals surface area contributed by atoms with Crippen LogP contribution < -0.4 is 31.3 Å². The number of nitrogens with zero attached hydrogens (tertiary/aromatic N) is 6. The minimum absolute atomic E-state index is 0.0669. The number of anilines is 2. The third-order valence-electron chi connectivity index (χ3n) is 8.32. The highest BCUT2D eigenvalue weighted by atomic mass is 19.1. The topological polar surface area (TPSA) is 151 Å². The Balaban J connectivity index is 0.000000224. The summed E-state index contributed by atoms with van der Waals surface area (Å²) in [6.45, 7) is 8.64. The van der Waals surface area contributed by atoms with E-state index in [1.165, 1.54) is 20.2 Å². The summed E-state index contributed by atoms with van der Waals surface area (Å²) in [6, 6.07) is 12.2. The highest BCUT2D eigenvalue weighted by Gasteiger charge is 2.22. The molecule has 1 aromatic carbocycles. The van der Waals surface area contributed by atoms with Crippen molar-refractivity contribution in [1.29, 1.82) is 0 Å². The molecule has 5 heterocycles. The Morgan fingerprint density at radius 1 is 0.792 bits per heavy atom. The van der Waals surface area contributed by atoms with Crippen LogP contribution in [-0.4, -0.2) is 103 Å². The average molecular weight is 663 g/mol. The maximum atomic E-state index is 14.4. The normalized spacial score (nSPS) is 15.1. The molecule has 0 spiro atoms.